The standard InChI is InChI=1S/C15H16F3N3/c1-9-3-4-10(2)11(7-9)12-5-6-21-8-13(15(16,17)18)20-14(21)19-12/h3-4,7-8,12H,5-6H2,1-2H3,(H,19,20). The van der Waals surface area contributed by atoms with Crippen LogP contribution in [-0.4, -0.2) is 9.55 Å². The van der Waals surface area contributed by atoms with E-state index in [1.165, 1.54) is 4.57 Å². The van der Waals surface area contributed by atoms with Gasteiger partial charge in [-0.15, -0.1) is 0 Å². The molecule has 1 atom stereocenters. The minimum absolute atomic E-state index is 0.000818. The van der Waals surface area contributed by atoms with E-state index in [-0.39, 0.29) is 6.04 Å². The summed E-state index contributed by atoms with van der Waals surface area (Å²) in [5.41, 5.74) is 2.56. The minimum atomic E-state index is -4.40. The van der Waals surface area contributed by atoms with Crippen molar-refractivity contribution in [3.8, 4) is 0 Å². The summed E-state index contributed by atoms with van der Waals surface area (Å²) in [5.74, 6) is 0.291. The molecule has 1 aliphatic rings. The monoisotopic (exact) mass is 295 g/mol. The Morgan fingerprint density at radius 2 is 2.05 bits per heavy atom. The Hall–Kier alpha value is -1.98. The van der Waals surface area contributed by atoms with Gasteiger partial charge in [0, 0.05) is 12.7 Å². The lowest BCUT2D eigenvalue weighted by atomic mass is 9.96. The van der Waals surface area contributed by atoms with Crippen LogP contribution in [0.25, 0.3) is 0 Å². The second kappa shape index (κ2) is 4.79. The van der Waals surface area contributed by atoms with Crippen LogP contribution in [0.5, 0.6) is 0 Å². The van der Waals surface area contributed by atoms with Crippen LogP contribution in [0.4, 0.5) is 19.1 Å². The van der Waals surface area contributed by atoms with Crippen molar-refractivity contribution in [2.45, 2.75) is 39.0 Å². The van der Waals surface area contributed by atoms with Crippen LogP contribution >= 0.6 is 0 Å². The number of fused-ring (bicyclic) bond motifs is 1. The van der Waals surface area contributed by atoms with E-state index in [2.05, 4.69) is 16.4 Å². The van der Waals surface area contributed by atoms with E-state index in [1.54, 1.807) is 0 Å². The van der Waals surface area contributed by atoms with E-state index < -0.39 is 11.9 Å². The first kappa shape index (κ1) is 14.0. The van der Waals surface area contributed by atoms with Crippen molar-refractivity contribution < 1.29 is 13.2 Å². The Bertz CT molecular complexity index is 673. The molecule has 1 unspecified atom stereocenters. The van der Waals surface area contributed by atoms with Crippen LogP contribution in [0.15, 0.2) is 24.4 Å². The first-order valence-corrected chi connectivity index (χ1v) is 6.82. The number of hydrogen-bond acceptors (Lipinski definition) is 2. The maximum atomic E-state index is 12.7. The summed E-state index contributed by atoms with van der Waals surface area (Å²) in [6.45, 7) is 4.55. The number of benzene rings is 1. The number of halogens is 3. The molecule has 0 amide bonds. The summed E-state index contributed by atoms with van der Waals surface area (Å²) in [4.78, 5) is 3.68. The molecule has 1 aromatic heterocycles. The SMILES string of the molecule is Cc1ccc(C)c(C2CCn3cc(C(F)(F)F)nc3N2)c1. The van der Waals surface area contributed by atoms with Gasteiger partial charge in [0.25, 0.3) is 0 Å². The number of alkyl halides is 3. The molecule has 3 rings (SSSR count). The van der Waals surface area contributed by atoms with E-state index in [0.717, 1.165) is 29.3 Å². The van der Waals surface area contributed by atoms with Gasteiger partial charge in [0.05, 0.1) is 6.04 Å². The molecule has 112 valence electrons. The van der Waals surface area contributed by atoms with E-state index in [0.29, 0.717) is 12.5 Å². The van der Waals surface area contributed by atoms with Crippen LogP contribution in [0.1, 0.15) is 34.8 Å². The second-order valence-corrected chi connectivity index (χ2v) is 5.49. The molecule has 0 saturated carbocycles. The van der Waals surface area contributed by atoms with E-state index >= 15 is 0 Å². The average Bonchev–Trinajstić information content (AvgIpc) is 2.84. The highest BCUT2D eigenvalue weighted by atomic mass is 19.4. The van der Waals surface area contributed by atoms with Gasteiger partial charge < -0.3 is 9.88 Å². The summed E-state index contributed by atoms with van der Waals surface area (Å²) in [6, 6.07) is 6.15. The molecule has 21 heavy (non-hydrogen) atoms. The smallest absolute Gasteiger partial charge is 0.349 e. The highest BCUT2D eigenvalue weighted by Crippen LogP contribution is 2.34. The molecule has 2 aromatic rings. The Labute approximate surface area is 120 Å². The zero-order chi connectivity index (χ0) is 15.2. The van der Waals surface area contributed by atoms with Crippen LogP contribution < -0.4 is 5.32 Å². The molecule has 0 aliphatic carbocycles. The van der Waals surface area contributed by atoms with Crippen molar-refractivity contribution in [2.24, 2.45) is 0 Å². The average molecular weight is 295 g/mol. The maximum Gasteiger partial charge on any atom is 0.434 e. The Morgan fingerprint density at radius 1 is 1.29 bits per heavy atom. The Kier molecular flexibility index (Phi) is 3.19. The van der Waals surface area contributed by atoms with Crippen LogP contribution in [-0.2, 0) is 12.7 Å². The molecule has 1 N–H and O–H groups in total. The van der Waals surface area contributed by atoms with Gasteiger partial charge in [0.1, 0.15) is 0 Å². The number of nitrogens with zero attached hydrogens (tertiary/aromatic N) is 2. The van der Waals surface area contributed by atoms with Crippen LogP contribution in [0, 0.1) is 13.8 Å². The number of anilines is 1. The third-order valence-electron chi connectivity index (χ3n) is 3.84. The summed E-state index contributed by atoms with van der Waals surface area (Å²) in [5, 5.41) is 3.13. The summed E-state index contributed by atoms with van der Waals surface area (Å²) in [7, 11) is 0. The molecule has 1 aromatic carbocycles. The van der Waals surface area contributed by atoms with Gasteiger partial charge in [-0.1, -0.05) is 23.8 Å². The molecule has 0 saturated heterocycles. The van der Waals surface area contributed by atoms with Gasteiger partial charge in [-0.2, -0.15) is 13.2 Å². The van der Waals surface area contributed by atoms with Crippen molar-refractivity contribution in [1.29, 1.82) is 0 Å². The first-order valence-electron chi connectivity index (χ1n) is 6.82. The molecule has 0 bridgehead atoms. The Morgan fingerprint density at radius 3 is 2.76 bits per heavy atom. The summed E-state index contributed by atoms with van der Waals surface area (Å²) in [6.07, 6.45) is -2.59. The summed E-state index contributed by atoms with van der Waals surface area (Å²) < 4.78 is 39.7. The minimum Gasteiger partial charge on any atom is -0.349 e. The highest BCUT2D eigenvalue weighted by molar-refractivity contribution is 5.41. The fourth-order valence-corrected chi connectivity index (χ4v) is 2.70. The number of imidazole rings is 1. The van der Waals surface area contributed by atoms with Gasteiger partial charge in [0.2, 0.25) is 5.95 Å². The fraction of sp³-hybridized carbons (Fsp3) is 0.400. The topological polar surface area (TPSA) is 29.9 Å². The van der Waals surface area contributed by atoms with Crippen molar-refractivity contribution in [2.75, 3.05) is 5.32 Å². The molecule has 0 spiro atoms. The number of aryl methyl sites for hydroxylation is 3. The van der Waals surface area contributed by atoms with Crippen molar-refractivity contribution in [1.82, 2.24) is 9.55 Å². The summed E-state index contributed by atoms with van der Waals surface area (Å²) >= 11 is 0. The molecule has 1 aliphatic heterocycles. The highest BCUT2D eigenvalue weighted by Gasteiger charge is 2.36. The first-order chi connectivity index (χ1) is 9.84. The Balaban J connectivity index is 1.91. The van der Waals surface area contributed by atoms with Crippen molar-refractivity contribution in [3.63, 3.8) is 0 Å². The van der Waals surface area contributed by atoms with Gasteiger partial charge in [-0.25, -0.2) is 4.98 Å². The van der Waals surface area contributed by atoms with Crippen LogP contribution in [0.2, 0.25) is 0 Å². The predicted octanol–water partition coefficient (Wildman–Crippen LogP) is 4.08. The normalized spacial score (nSPS) is 18.2. The van der Waals surface area contributed by atoms with Gasteiger partial charge in [-0.3, -0.25) is 0 Å². The number of nitrogens with one attached hydrogen (secondary N) is 1. The molecule has 6 heteroatoms. The molecule has 0 fully saturated rings. The van der Waals surface area contributed by atoms with Gasteiger partial charge in [-0.05, 0) is 31.4 Å². The van der Waals surface area contributed by atoms with Gasteiger partial charge >= 0.3 is 6.18 Å². The number of hydrogen-bond donors (Lipinski definition) is 1. The molecule has 0 radical (unpaired) electrons. The quantitative estimate of drug-likeness (QED) is 0.859. The zero-order valence-corrected chi connectivity index (χ0v) is 11.8. The zero-order valence-electron chi connectivity index (χ0n) is 11.8. The van der Waals surface area contributed by atoms with E-state index in [4.69, 9.17) is 0 Å². The number of rotatable bonds is 1. The predicted molar refractivity (Wildman–Crippen MR) is 74.1 cm³/mol. The molecule has 2 heterocycles. The van der Waals surface area contributed by atoms with Gasteiger partial charge in [0.15, 0.2) is 5.69 Å². The van der Waals surface area contributed by atoms with E-state index in [9.17, 15) is 13.2 Å². The lowest BCUT2D eigenvalue weighted by molar-refractivity contribution is -0.140. The lowest BCUT2D eigenvalue weighted by Crippen LogP contribution is -2.22. The largest absolute Gasteiger partial charge is 0.434 e. The molecular formula is C15H16F3N3. The molecular weight excluding hydrogens is 279 g/mol. The van der Waals surface area contributed by atoms with Crippen molar-refractivity contribution in [3.05, 3.63) is 46.8 Å². The third-order valence-corrected chi connectivity index (χ3v) is 3.84. The fourth-order valence-electron chi connectivity index (χ4n) is 2.70. The lowest BCUT2D eigenvalue weighted by Gasteiger charge is -2.27. The maximum absolute atomic E-state index is 12.7. The number of aromatic nitrogens is 2. The molecule has 3 nitrogen and oxygen atoms in total. The van der Waals surface area contributed by atoms with Crippen LogP contribution in [0.3, 0.4) is 0 Å². The van der Waals surface area contributed by atoms with E-state index in [1.807, 2.05) is 26.0 Å². The second-order valence-electron chi connectivity index (χ2n) is 5.49. The van der Waals surface area contributed by atoms with Crippen molar-refractivity contribution >= 4 is 5.95 Å². The third kappa shape index (κ3) is 2.62.